The Morgan fingerprint density at radius 1 is 1.09 bits per heavy atom. The summed E-state index contributed by atoms with van der Waals surface area (Å²) in [6.07, 6.45) is 4.43. The van der Waals surface area contributed by atoms with Crippen LogP contribution >= 0.6 is 11.3 Å². The molecule has 1 heterocycles. The van der Waals surface area contributed by atoms with E-state index in [9.17, 15) is 13.2 Å². The number of aromatic nitrogens is 1. The maximum atomic E-state index is 12.8. The van der Waals surface area contributed by atoms with Gasteiger partial charge >= 0.3 is 0 Å². The van der Waals surface area contributed by atoms with Crippen LogP contribution in [0.3, 0.4) is 0 Å². The van der Waals surface area contributed by atoms with Crippen LogP contribution in [0.25, 0.3) is 10.2 Å². The van der Waals surface area contributed by atoms with Crippen molar-refractivity contribution in [1.29, 1.82) is 0 Å². The van der Waals surface area contributed by atoms with Crippen LogP contribution in [-0.2, 0) is 21.1 Å². The first-order chi connectivity index (χ1) is 15.3. The van der Waals surface area contributed by atoms with Crippen LogP contribution < -0.4 is 9.54 Å². The summed E-state index contributed by atoms with van der Waals surface area (Å²) in [7, 11) is -1.73. The number of benzene rings is 2. The van der Waals surface area contributed by atoms with E-state index in [1.807, 2.05) is 4.57 Å². The van der Waals surface area contributed by atoms with Crippen LogP contribution in [0.15, 0.2) is 52.4 Å². The molecule has 0 saturated heterocycles. The monoisotopic (exact) mass is 476 g/mol. The molecule has 32 heavy (non-hydrogen) atoms. The Labute approximate surface area is 192 Å². The Hall–Kier alpha value is -2.49. The molecular formula is C23H28N2O5S2. The van der Waals surface area contributed by atoms with Gasteiger partial charge in [-0.15, -0.1) is 0 Å². The van der Waals surface area contributed by atoms with E-state index in [2.05, 4.69) is 11.9 Å². The van der Waals surface area contributed by atoms with Gasteiger partial charge in [0.05, 0.1) is 28.3 Å². The number of hydrogen-bond acceptors (Lipinski definition) is 6. The molecule has 0 fully saturated rings. The summed E-state index contributed by atoms with van der Waals surface area (Å²) in [6.45, 7) is 3.73. The number of fused-ring (bicyclic) bond motifs is 1. The number of carbonyl (C=O) groups excluding carboxylic acids is 1. The van der Waals surface area contributed by atoms with Gasteiger partial charge in [0.2, 0.25) is 0 Å². The Morgan fingerprint density at radius 3 is 2.50 bits per heavy atom. The Kier molecular flexibility index (Phi) is 8.22. The van der Waals surface area contributed by atoms with Crippen molar-refractivity contribution < 1.29 is 22.7 Å². The Bertz CT molecular complexity index is 1240. The molecule has 172 valence electrons. The van der Waals surface area contributed by atoms with Crippen molar-refractivity contribution in [2.24, 2.45) is 4.99 Å². The first kappa shape index (κ1) is 24.2. The number of rotatable bonds is 10. The van der Waals surface area contributed by atoms with Gasteiger partial charge in [-0.1, -0.05) is 31.1 Å². The fourth-order valence-electron chi connectivity index (χ4n) is 3.16. The van der Waals surface area contributed by atoms with Crippen molar-refractivity contribution in [3.63, 3.8) is 0 Å². The molecule has 1 aromatic heterocycles. The van der Waals surface area contributed by atoms with Crippen LogP contribution in [0.4, 0.5) is 0 Å². The molecule has 0 radical (unpaired) electrons. The number of ether oxygens (including phenoxy) is 2. The number of unbranched alkanes of at least 4 members (excludes halogenated alkanes) is 2. The lowest BCUT2D eigenvalue weighted by atomic mass is 10.2. The number of thiazole rings is 1. The molecular weight excluding hydrogens is 448 g/mol. The molecule has 0 N–H and O–H groups in total. The molecule has 3 rings (SSSR count). The zero-order chi connectivity index (χ0) is 23.1. The molecule has 0 aliphatic rings. The SMILES string of the molecule is CCCCCOc1ccc(C(=O)N=c2sc3cc(S(C)(=O)=O)ccc3n2CCOC)cc1. The molecule has 0 saturated carbocycles. The lowest BCUT2D eigenvalue weighted by Crippen LogP contribution is -2.19. The van der Waals surface area contributed by atoms with Crippen LogP contribution in [0.2, 0.25) is 0 Å². The third kappa shape index (κ3) is 6.05. The van der Waals surface area contributed by atoms with Crippen molar-refractivity contribution in [2.75, 3.05) is 26.6 Å². The first-order valence-corrected chi connectivity index (χ1v) is 13.2. The van der Waals surface area contributed by atoms with E-state index in [-0.39, 0.29) is 10.8 Å². The summed E-state index contributed by atoms with van der Waals surface area (Å²) in [5.74, 6) is 0.353. The number of methoxy groups -OCH3 is 1. The van der Waals surface area contributed by atoms with E-state index < -0.39 is 9.84 Å². The minimum absolute atomic E-state index is 0.234. The third-order valence-electron chi connectivity index (χ3n) is 4.92. The fraction of sp³-hybridized carbons (Fsp3) is 0.391. The highest BCUT2D eigenvalue weighted by Gasteiger charge is 2.13. The highest BCUT2D eigenvalue weighted by atomic mass is 32.2. The second-order valence-corrected chi connectivity index (χ2v) is 10.5. The smallest absolute Gasteiger partial charge is 0.279 e. The predicted molar refractivity (Wildman–Crippen MR) is 126 cm³/mol. The van der Waals surface area contributed by atoms with Crippen molar-refractivity contribution in [3.8, 4) is 5.75 Å². The van der Waals surface area contributed by atoms with Gasteiger partial charge in [0, 0.05) is 25.5 Å². The van der Waals surface area contributed by atoms with Crippen LogP contribution in [0.5, 0.6) is 5.75 Å². The lowest BCUT2D eigenvalue weighted by molar-refractivity contribution is 0.0997. The molecule has 0 aliphatic heterocycles. The minimum atomic E-state index is -3.33. The predicted octanol–water partition coefficient (Wildman–Crippen LogP) is 4.06. The highest BCUT2D eigenvalue weighted by Crippen LogP contribution is 2.22. The average molecular weight is 477 g/mol. The van der Waals surface area contributed by atoms with Crippen LogP contribution in [-0.4, -0.2) is 45.5 Å². The number of sulfone groups is 1. The van der Waals surface area contributed by atoms with Crippen LogP contribution in [0.1, 0.15) is 36.5 Å². The van der Waals surface area contributed by atoms with E-state index in [0.29, 0.717) is 30.1 Å². The number of carbonyl (C=O) groups is 1. The van der Waals surface area contributed by atoms with Gasteiger partial charge in [-0.25, -0.2) is 8.42 Å². The number of nitrogens with zero attached hydrogens (tertiary/aromatic N) is 2. The van der Waals surface area contributed by atoms with E-state index in [1.165, 1.54) is 17.6 Å². The third-order valence-corrected chi connectivity index (χ3v) is 7.07. The molecule has 9 heteroatoms. The zero-order valence-corrected chi connectivity index (χ0v) is 20.2. The summed E-state index contributed by atoms with van der Waals surface area (Å²) in [4.78, 5) is 17.9. The van der Waals surface area contributed by atoms with Crippen molar-refractivity contribution in [2.45, 2.75) is 37.6 Å². The fourth-order valence-corrected chi connectivity index (χ4v) is 4.97. The van der Waals surface area contributed by atoms with Gasteiger partial charge in [-0.05, 0) is 48.9 Å². The van der Waals surface area contributed by atoms with E-state index in [4.69, 9.17) is 9.47 Å². The van der Waals surface area contributed by atoms with Gasteiger partial charge < -0.3 is 14.0 Å². The second-order valence-electron chi connectivity index (χ2n) is 7.43. The van der Waals surface area contributed by atoms with Gasteiger partial charge in [0.1, 0.15) is 5.75 Å². The Morgan fingerprint density at radius 2 is 1.84 bits per heavy atom. The highest BCUT2D eigenvalue weighted by molar-refractivity contribution is 7.90. The normalized spacial score (nSPS) is 12.4. The lowest BCUT2D eigenvalue weighted by Gasteiger charge is -2.06. The van der Waals surface area contributed by atoms with Gasteiger partial charge in [0.15, 0.2) is 14.6 Å². The van der Waals surface area contributed by atoms with Gasteiger partial charge in [0.25, 0.3) is 5.91 Å². The van der Waals surface area contributed by atoms with E-state index >= 15 is 0 Å². The Balaban J connectivity index is 1.90. The van der Waals surface area contributed by atoms with Gasteiger partial charge in [-0.3, -0.25) is 4.79 Å². The molecule has 3 aromatic rings. The van der Waals surface area contributed by atoms with E-state index in [0.717, 1.165) is 35.2 Å². The average Bonchev–Trinajstić information content (AvgIpc) is 3.11. The topological polar surface area (TPSA) is 87.0 Å². The molecule has 0 spiro atoms. The molecule has 0 unspecified atom stereocenters. The zero-order valence-electron chi connectivity index (χ0n) is 18.5. The first-order valence-electron chi connectivity index (χ1n) is 10.5. The summed E-state index contributed by atoms with van der Waals surface area (Å²) < 4.78 is 37.3. The molecule has 0 atom stereocenters. The summed E-state index contributed by atoms with van der Waals surface area (Å²) in [6, 6.07) is 11.9. The molecule has 0 aliphatic carbocycles. The maximum Gasteiger partial charge on any atom is 0.279 e. The summed E-state index contributed by atoms with van der Waals surface area (Å²) in [5, 5.41) is 0. The largest absolute Gasteiger partial charge is 0.494 e. The quantitative estimate of drug-likeness (QED) is 0.412. The second kappa shape index (κ2) is 10.9. The van der Waals surface area contributed by atoms with Crippen molar-refractivity contribution >= 4 is 37.3 Å². The minimum Gasteiger partial charge on any atom is -0.494 e. The van der Waals surface area contributed by atoms with E-state index in [1.54, 1.807) is 49.6 Å². The number of amides is 1. The molecule has 2 aromatic carbocycles. The number of hydrogen-bond donors (Lipinski definition) is 0. The molecule has 7 nitrogen and oxygen atoms in total. The van der Waals surface area contributed by atoms with Crippen molar-refractivity contribution in [1.82, 2.24) is 4.57 Å². The van der Waals surface area contributed by atoms with Gasteiger partial charge in [-0.2, -0.15) is 4.99 Å². The standard InChI is InChI=1S/C23H28N2O5S2/c1-4-5-6-14-30-18-9-7-17(8-10-18)22(26)24-23-25(13-15-29-2)20-12-11-19(32(3,27)28)16-21(20)31-23/h7-12,16H,4-6,13-15H2,1-3H3. The molecule has 0 bridgehead atoms. The molecule has 1 amide bonds. The maximum absolute atomic E-state index is 12.8. The van der Waals surface area contributed by atoms with Crippen LogP contribution in [0, 0.1) is 0 Å². The summed E-state index contributed by atoms with van der Waals surface area (Å²) >= 11 is 1.28. The summed E-state index contributed by atoms with van der Waals surface area (Å²) in [5.41, 5.74) is 1.26. The van der Waals surface area contributed by atoms with Crippen molar-refractivity contribution in [3.05, 3.63) is 52.8 Å².